The fourth-order valence-corrected chi connectivity index (χ4v) is 3.78. The number of rotatable bonds is 4. The molecule has 2 heteroatoms. The number of hydrogen-bond donors (Lipinski definition) is 0. The number of Topliss-reactive ketones (excluding diaryl/α,β-unsaturated/α-hetero) is 1. The maximum absolute atomic E-state index is 12.5. The molecule has 2 nitrogen and oxygen atoms in total. The van der Waals surface area contributed by atoms with Crippen molar-refractivity contribution in [3.8, 4) is 0 Å². The van der Waals surface area contributed by atoms with Crippen LogP contribution < -0.4 is 0 Å². The van der Waals surface area contributed by atoms with Crippen LogP contribution >= 0.6 is 0 Å². The normalized spacial score (nSPS) is 23.2. The van der Waals surface area contributed by atoms with Gasteiger partial charge in [-0.2, -0.15) is 0 Å². The minimum absolute atomic E-state index is 0.193. The van der Waals surface area contributed by atoms with E-state index in [1.165, 1.54) is 64.2 Å². The lowest BCUT2D eigenvalue weighted by Crippen LogP contribution is -2.49. The second-order valence-electron chi connectivity index (χ2n) is 7.93. The molecule has 0 unspecified atom stereocenters. The highest BCUT2D eigenvalue weighted by Gasteiger charge is 2.32. The smallest absolute Gasteiger partial charge is 0.152 e. The van der Waals surface area contributed by atoms with Gasteiger partial charge in [-0.05, 0) is 25.7 Å². The van der Waals surface area contributed by atoms with Crippen molar-refractivity contribution in [3.63, 3.8) is 0 Å². The SMILES string of the molecule is CC(C)(C)C(=O)CN(C1CCCCC1)C1CCCCC1. The Morgan fingerprint density at radius 1 is 0.850 bits per heavy atom. The van der Waals surface area contributed by atoms with Gasteiger partial charge in [0.05, 0.1) is 6.54 Å². The lowest BCUT2D eigenvalue weighted by Gasteiger charge is -2.42. The van der Waals surface area contributed by atoms with Crippen LogP contribution in [0.5, 0.6) is 0 Å². The third-order valence-corrected chi connectivity index (χ3v) is 5.25. The minimum atomic E-state index is -0.193. The van der Waals surface area contributed by atoms with E-state index >= 15 is 0 Å². The Labute approximate surface area is 125 Å². The molecule has 0 amide bonds. The molecule has 2 aliphatic carbocycles. The van der Waals surface area contributed by atoms with E-state index in [2.05, 4.69) is 25.7 Å². The summed E-state index contributed by atoms with van der Waals surface area (Å²) in [6.45, 7) is 6.89. The quantitative estimate of drug-likeness (QED) is 0.751. The summed E-state index contributed by atoms with van der Waals surface area (Å²) in [6.07, 6.45) is 13.5. The number of nitrogens with zero attached hydrogens (tertiary/aromatic N) is 1. The highest BCUT2D eigenvalue weighted by atomic mass is 16.1. The summed E-state index contributed by atoms with van der Waals surface area (Å²) in [5.74, 6) is 0.425. The van der Waals surface area contributed by atoms with Crippen LogP contribution in [0.3, 0.4) is 0 Å². The second-order valence-corrected chi connectivity index (χ2v) is 7.93. The maximum Gasteiger partial charge on any atom is 0.152 e. The average molecular weight is 279 g/mol. The standard InChI is InChI=1S/C18H33NO/c1-18(2,3)17(20)14-19(15-10-6-4-7-11-15)16-12-8-5-9-13-16/h15-16H,4-14H2,1-3H3. The van der Waals surface area contributed by atoms with E-state index in [0.717, 1.165) is 0 Å². The Morgan fingerprint density at radius 3 is 1.60 bits per heavy atom. The molecule has 2 fully saturated rings. The third kappa shape index (κ3) is 4.31. The van der Waals surface area contributed by atoms with Crippen LogP contribution in [0.4, 0.5) is 0 Å². The van der Waals surface area contributed by atoms with Gasteiger partial charge >= 0.3 is 0 Å². The van der Waals surface area contributed by atoms with Crippen molar-refractivity contribution in [2.45, 2.75) is 97.1 Å². The van der Waals surface area contributed by atoms with Crippen molar-refractivity contribution >= 4 is 5.78 Å². The van der Waals surface area contributed by atoms with Gasteiger partial charge in [0.15, 0.2) is 5.78 Å². The molecule has 0 spiro atoms. The van der Waals surface area contributed by atoms with E-state index in [9.17, 15) is 4.79 Å². The summed E-state index contributed by atoms with van der Waals surface area (Å²) in [7, 11) is 0. The van der Waals surface area contributed by atoms with E-state index in [4.69, 9.17) is 0 Å². The van der Waals surface area contributed by atoms with Crippen LogP contribution in [-0.4, -0.2) is 29.3 Å². The summed E-state index contributed by atoms with van der Waals surface area (Å²) in [5.41, 5.74) is -0.193. The van der Waals surface area contributed by atoms with Crippen LogP contribution in [0, 0.1) is 5.41 Å². The zero-order chi connectivity index (χ0) is 14.6. The van der Waals surface area contributed by atoms with Gasteiger partial charge < -0.3 is 0 Å². The minimum Gasteiger partial charge on any atom is -0.298 e. The monoisotopic (exact) mass is 279 g/mol. The van der Waals surface area contributed by atoms with Crippen molar-refractivity contribution in [2.75, 3.05) is 6.54 Å². The van der Waals surface area contributed by atoms with Crippen molar-refractivity contribution in [1.82, 2.24) is 4.90 Å². The predicted octanol–water partition coefficient (Wildman–Crippen LogP) is 4.57. The van der Waals surface area contributed by atoms with Gasteiger partial charge in [0.25, 0.3) is 0 Å². The van der Waals surface area contributed by atoms with E-state index in [0.29, 0.717) is 24.4 Å². The molecule has 0 aromatic rings. The maximum atomic E-state index is 12.5. The molecule has 2 saturated carbocycles. The van der Waals surface area contributed by atoms with Crippen LogP contribution in [0.1, 0.15) is 85.0 Å². The van der Waals surface area contributed by atoms with E-state index < -0.39 is 0 Å². The Hall–Kier alpha value is -0.370. The molecule has 20 heavy (non-hydrogen) atoms. The first-order chi connectivity index (χ1) is 9.48. The fourth-order valence-electron chi connectivity index (χ4n) is 3.78. The average Bonchev–Trinajstić information content (AvgIpc) is 2.45. The summed E-state index contributed by atoms with van der Waals surface area (Å²) >= 11 is 0. The topological polar surface area (TPSA) is 20.3 Å². The summed E-state index contributed by atoms with van der Waals surface area (Å²) in [4.78, 5) is 15.1. The zero-order valence-electron chi connectivity index (χ0n) is 13.8. The van der Waals surface area contributed by atoms with Gasteiger partial charge in [-0.3, -0.25) is 9.69 Å². The molecular weight excluding hydrogens is 246 g/mol. The van der Waals surface area contributed by atoms with Gasteiger partial charge in [-0.25, -0.2) is 0 Å². The molecule has 0 heterocycles. The van der Waals surface area contributed by atoms with Gasteiger partial charge in [0, 0.05) is 17.5 Å². The lowest BCUT2D eigenvalue weighted by atomic mass is 9.86. The fraction of sp³-hybridized carbons (Fsp3) is 0.944. The third-order valence-electron chi connectivity index (χ3n) is 5.25. The van der Waals surface area contributed by atoms with Gasteiger partial charge in [-0.1, -0.05) is 59.3 Å². The number of ketones is 1. The van der Waals surface area contributed by atoms with Gasteiger partial charge in [0.2, 0.25) is 0 Å². The molecule has 0 aliphatic heterocycles. The molecule has 0 aromatic heterocycles. The molecule has 0 aromatic carbocycles. The lowest BCUT2D eigenvalue weighted by molar-refractivity contribution is -0.129. The molecule has 0 bridgehead atoms. The summed E-state index contributed by atoms with van der Waals surface area (Å²) < 4.78 is 0. The predicted molar refractivity (Wildman–Crippen MR) is 84.9 cm³/mol. The molecule has 2 aliphatic rings. The van der Waals surface area contributed by atoms with E-state index in [1.54, 1.807) is 0 Å². The number of carbonyl (C=O) groups is 1. The van der Waals surface area contributed by atoms with Crippen molar-refractivity contribution in [1.29, 1.82) is 0 Å². The number of carbonyl (C=O) groups excluding carboxylic acids is 1. The van der Waals surface area contributed by atoms with Crippen molar-refractivity contribution in [3.05, 3.63) is 0 Å². The molecule has 2 rings (SSSR count). The van der Waals surface area contributed by atoms with E-state index in [-0.39, 0.29) is 5.41 Å². The van der Waals surface area contributed by atoms with Crippen LogP contribution in [0.2, 0.25) is 0 Å². The molecule has 0 N–H and O–H groups in total. The van der Waals surface area contributed by atoms with Crippen LogP contribution in [0.15, 0.2) is 0 Å². The molecule has 0 saturated heterocycles. The van der Waals surface area contributed by atoms with Crippen LogP contribution in [-0.2, 0) is 4.79 Å². The Kier molecular flexibility index (Phi) is 5.65. The Balaban J connectivity index is 2.04. The molecular formula is C18H33NO. The van der Waals surface area contributed by atoms with Gasteiger partial charge in [0.1, 0.15) is 0 Å². The summed E-state index contributed by atoms with van der Waals surface area (Å²) in [5, 5.41) is 0. The van der Waals surface area contributed by atoms with Crippen molar-refractivity contribution < 1.29 is 4.79 Å². The highest BCUT2D eigenvalue weighted by molar-refractivity contribution is 5.85. The van der Waals surface area contributed by atoms with Crippen LogP contribution in [0.25, 0.3) is 0 Å². The largest absolute Gasteiger partial charge is 0.298 e. The molecule has 0 atom stereocenters. The zero-order valence-corrected chi connectivity index (χ0v) is 13.8. The first kappa shape index (κ1) is 16.0. The van der Waals surface area contributed by atoms with Crippen molar-refractivity contribution in [2.24, 2.45) is 5.41 Å². The summed E-state index contributed by atoms with van der Waals surface area (Å²) in [6, 6.07) is 1.36. The van der Waals surface area contributed by atoms with Gasteiger partial charge in [-0.15, -0.1) is 0 Å². The van der Waals surface area contributed by atoms with E-state index in [1.807, 2.05) is 0 Å². The first-order valence-electron chi connectivity index (χ1n) is 8.77. The highest BCUT2D eigenvalue weighted by Crippen LogP contribution is 2.31. The second kappa shape index (κ2) is 7.06. The number of hydrogen-bond acceptors (Lipinski definition) is 2. The molecule has 0 radical (unpaired) electrons. The Bertz CT molecular complexity index is 288. The Morgan fingerprint density at radius 2 is 1.25 bits per heavy atom. The molecule has 116 valence electrons. The first-order valence-corrected chi connectivity index (χ1v) is 8.77.